The van der Waals surface area contributed by atoms with Crippen molar-refractivity contribution in [2.45, 2.75) is 40.2 Å². The Bertz CT molecular complexity index is 881. The Hall–Kier alpha value is -2.89. The molecule has 0 aliphatic carbocycles. The van der Waals surface area contributed by atoms with Crippen molar-refractivity contribution in [3.63, 3.8) is 0 Å². The maximum absolute atomic E-state index is 14.1. The van der Waals surface area contributed by atoms with Crippen molar-refractivity contribution in [3.05, 3.63) is 53.8 Å². The van der Waals surface area contributed by atoms with Crippen LogP contribution in [0.5, 0.6) is 5.75 Å². The van der Waals surface area contributed by atoms with Crippen LogP contribution >= 0.6 is 0 Å². The second-order valence-electron chi connectivity index (χ2n) is 8.17. The first-order valence-corrected chi connectivity index (χ1v) is 8.89. The van der Waals surface area contributed by atoms with E-state index in [-0.39, 0.29) is 12.6 Å². The predicted octanol–water partition coefficient (Wildman–Crippen LogP) is 4.94. The average Bonchev–Trinajstić information content (AvgIpc) is 2.58. The van der Waals surface area contributed by atoms with E-state index in [4.69, 9.17) is 14.6 Å². The molecule has 0 aliphatic heterocycles. The molecule has 0 bridgehead atoms. The summed E-state index contributed by atoms with van der Waals surface area (Å²) in [4.78, 5) is 23.4. The van der Waals surface area contributed by atoms with Gasteiger partial charge in [-0.2, -0.15) is 0 Å². The summed E-state index contributed by atoms with van der Waals surface area (Å²) in [5.74, 6) is -2.07. The molecule has 2 aromatic rings. The van der Waals surface area contributed by atoms with Gasteiger partial charge in [0.05, 0.1) is 11.0 Å². The molecule has 1 N–H and O–H groups in total. The van der Waals surface area contributed by atoms with E-state index in [1.165, 1.54) is 12.1 Å². The van der Waals surface area contributed by atoms with Gasteiger partial charge in [0.1, 0.15) is 23.8 Å². The van der Waals surface area contributed by atoms with Crippen LogP contribution in [0.4, 0.5) is 4.39 Å². The molecular weight excluding hydrogens is 363 g/mol. The molecule has 0 unspecified atom stereocenters. The first-order valence-electron chi connectivity index (χ1n) is 8.89. The topological polar surface area (TPSA) is 72.8 Å². The lowest BCUT2D eigenvalue weighted by atomic mass is 9.94. The SMILES string of the molecule is CC(C)(C)OC(=O)C(C)(C)COc1ccccc1-c1ccc(C(=O)O)c(F)c1. The molecule has 2 aromatic carbocycles. The molecule has 28 heavy (non-hydrogen) atoms. The molecule has 5 nitrogen and oxygen atoms in total. The van der Waals surface area contributed by atoms with E-state index in [1.54, 1.807) is 58.9 Å². The lowest BCUT2D eigenvalue weighted by Gasteiger charge is -2.28. The zero-order valence-corrected chi connectivity index (χ0v) is 16.7. The van der Waals surface area contributed by atoms with E-state index in [1.807, 2.05) is 0 Å². The summed E-state index contributed by atoms with van der Waals surface area (Å²) < 4.78 is 25.4. The van der Waals surface area contributed by atoms with E-state index in [9.17, 15) is 14.0 Å². The average molecular weight is 388 g/mol. The molecule has 6 heteroatoms. The van der Waals surface area contributed by atoms with E-state index < -0.39 is 28.4 Å². The zero-order chi connectivity index (χ0) is 21.1. The van der Waals surface area contributed by atoms with Crippen molar-refractivity contribution in [3.8, 4) is 16.9 Å². The number of rotatable bonds is 6. The van der Waals surface area contributed by atoms with Crippen molar-refractivity contribution < 1.29 is 28.6 Å². The van der Waals surface area contributed by atoms with Gasteiger partial charge in [0.15, 0.2) is 0 Å². The molecule has 150 valence electrons. The Morgan fingerprint density at radius 3 is 2.25 bits per heavy atom. The lowest BCUT2D eigenvalue weighted by molar-refractivity contribution is -0.167. The summed E-state index contributed by atoms with van der Waals surface area (Å²) in [5, 5.41) is 8.98. The monoisotopic (exact) mass is 388 g/mol. The van der Waals surface area contributed by atoms with E-state index in [2.05, 4.69) is 0 Å². The Morgan fingerprint density at radius 1 is 1.04 bits per heavy atom. The minimum Gasteiger partial charge on any atom is -0.492 e. The van der Waals surface area contributed by atoms with E-state index in [0.717, 1.165) is 6.07 Å². The molecule has 0 aromatic heterocycles. The van der Waals surface area contributed by atoms with Crippen LogP contribution in [0.2, 0.25) is 0 Å². The van der Waals surface area contributed by atoms with Gasteiger partial charge in [-0.1, -0.05) is 24.3 Å². The number of halogens is 1. The third-order valence-corrected chi connectivity index (χ3v) is 3.94. The molecule has 0 saturated heterocycles. The van der Waals surface area contributed by atoms with Crippen LogP contribution in [-0.2, 0) is 9.53 Å². The number of hydrogen-bond donors (Lipinski definition) is 1. The van der Waals surface area contributed by atoms with Gasteiger partial charge < -0.3 is 14.6 Å². The van der Waals surface area contributed by atoms with Gasteiger partial charge in [-0.3, -0.25) is 4.79 Å². The molecule has 0 heterocycles. The highest BCUT2D eigenvalue weighted by atomic mass is 19.1. The van der Waals surface area contributed by atoms with Gasteiger partial charge in [0.25, 0.3) is 0 Å². The summed E-state index contributed by atoms with van der Waals surface area (Å²) >= 11 is 0. The highest BCUT2D eigenvalue weighted by molar-refractivity contribution is 5.89. The number of hydrogen-bond acceptors (Lipinski definition) is 4. The van der Waals surface area contributed by atoms with Crippen LogP contribution < -0.4 is 4.74 Å². The van der Waals surface area contributed by atoms with Gasteiger partial charge in [0.2, 0.25) is 0 Å². The number of carbonyl (C=O) groups is 2. The Kier molecular flexibility index (Phi) is 6.12. The van der Waals surface area contributed by atoms with Gasteiger partial charge in [-0.15, -0.1) is 0 Å². The molecule has 0 saturated carbocycles. The first kappa shape index (κ1) is 21.4. The van der Waals surface area contributed by atoms with Crippen LogP contribution in [0.15, 0.2) is 42.5 Å². The smallest absolute Gasteiger partial charge is 0.338 e. The number of carbonyl (C=O) groups excluding carboxylic acids is 1. The third-order valence-electron chi connectivity index (χ3n) is 3.94. The van der Waals surface area contributed by atoms with Crippen molar-refractivity contribution in [1.29, 1.82) is 0 Å². The maximum Gasteiger partial charge on any atom is 0.338 e. The van der Waals surface area contributed by atoms with Crippen molar-refractivity contribution in [2.75, 3.05) is 6.61 Å². The number of esters is 1. The fourth-order valence-corrected chi connectivity index (χ4v) is 2.42. The Balaban J connectivity index is 2.24. The molecule has 2 rings (SSSR count). The van der Waals surface area contributed by atoms with Crippen LogP contribution in [0.1, 0.15) is 45.0 Å². The van der Waals surface area contributed by atoms with E-state index >= 15 is 0 Å². The van der Waals surface area contributed by atoms with Crippen LogP contribution in [0, 0.1) is 11.2 Å². The maximum atomic E-state index is 14.1. The van der Waals surface area contributed by atoms with Gasteiger partial charge >= 0.3 is 11.9 Å². The molecule has 0 aliphatic rings. The third kappa shape index (κ3) is 5.31. The fraction of sp³-hybridized carbons (Fsp3) is 0.364. The second kappa shape index (κ2) is 8.00. The second-order valence-corrected chi connectivity index (χ2v) is 8.17. The summed E-state index contributed by atoms with van der Waals surface area (Å²) in [6.45, 7) is 8.91. The summed E-state index contributed by atoms with van der Waals surface area (Å²) in [6.07, 6.45) is 0. The lowest BCUT2D eigenvalue weighted by Crippen LogP contribution is -2.37. The molecular formula is C22H25FO5. The molecule has 0 radical (unpaired) electrons. The molecule has 0 spiro atoms. The quantitative estimate of drug-likeness (QED) is 0.710. The standard InChI is InChI=1S/C22H25FO5/c1-21(2,3)28-20(26)22(4,5)13-27-18-9-7-6-8-15(18)14-10-11-16(19(24)25)17(23)12-14/h6-12H,13H2,1-5H3,(H,24,25). The number of ether oxygens (including phenoxy) is 2. The van der Waals surface area contributed by atoms with Crippen molar-refractivity contribution in [2.24, 2.45) is 5.41 Å². The Morgan fingerprint density at radius 2 is 1.68 bits per heavy atom. The van der Waals surface area contributed by atoms with Crippen LogP contribution in [-0.4, -0.2) is 29.3 Å². The zero-order valence-electron chi connectivity index (χ0n) is 16.7. The van der Waals surface area contributed by atoms with Gasteiger partial charge in [0, 0.05) is 5.56 Å². The summed E-state index contributed by atoms with van der Waals surface area (Å²) in [6, 6.07) is 10.9. The number of aromatic carboxylic acids is 1. The number of benzene rings is 2. The normalized spacial score (nSPS) is 11.8. The highest BCUT2D eigenvalue weighted by Crippen LogP contribution is 2.32. The molecule has 0 fully saturated rings. The van der Waals surface area contributed by atoms with Crippen molar-refractivity contribution in [1.82, 2.24) is 0 Å². The number of carboxylic acids is 1. The molecule has 0 atom stereocenters. The largest absolute Gasteiger partial charge is 0.492 e. The summed E-state index contributed by atoms with van der Waals surface area (Å²) in [7, 11) is 0. The highest BCUT2D eigenvalue weighted by Gasteiger charge is 2.33. The van der Waals surface area contributed by atoms with Gasteiger partial charge in [-0.05, 0) is 58.4 Å². The van der Waals surface area contributed by atoms with Crippen molar-refractivity contribution >= 4 is 11.9 Å². The summed E-state index contributed by atoms with van der Waals surface area (Å²) in [5.41, 5.74) is -0.811. The van der Waals surface area contributed by atoms with E-state index in [0.29, 0.717) is 16.9 Å². The van der Waals surface area contributed by atoms with Crippen LogP contribution in [0.25, 0.3) is 11.1 Å². The number of carboxylic acid groups (broad SMARTS) is 1. The first-order chi connectivity index (χ1) is 12.9. The molecule has 0 amide bonds. The number of para-hydroxylation sites is 1. The van der Waals surface area contributed by atoms with Gasteiger partial charge in [-0.25, -0.2) is 9.18 Å². The Labute approximate surface area is 164 Å². The minimum atomic E-state index is -1.33. The fourth-order valence-electron chi connectivity index (χ4n) is 2.42. The predicted molar refractivity (Wildman–Crippen MR) is 104 cm³/mol. The minimum absolute atomic E-state index is 0.0641. The van der Waals surface area contributed by atoms with Crippen LogP contribution in [0.3, 0.4) is 0 Å².